The molecule has 25 heavy (non-hydrogen) atoms. The number of phenolic OH excluding ortho intramolecular Hbond substituents is 1. The molecule has 3 aromatic rings. The molecule has 126 valence electrons. The van der Waals surface area contributed by atoms with Crippen LogP contribution in [0.25, 0.3) is 0 Å². The molecule has 0 aliphatic heterocycles. The number of hydrogen-bond donors (Lipinski definition) is 2. The van der Waals surface area contributed by atoms with Gasteiger partial charge in [-0.3, -0.25) is 9.48 Å². The van der Waals surface area contributed by atoms with E-state index in [9.17, 15) is 9.90 Å². The van der Waals surface area contributed by atoms with Crippen LogP contribution in [-0.2, 0) is 6.54 Å². The average Bonchev–Trinajstić information content (AvgIpc) is 3.05. The highest BCUT2D eigenvalue weighted by Gasteiger charge is 2.10. The Bertz CT molecular complexity index is 906. The van der Waals surface area contributed by atoms with Gasteiger partial charge in [-0.2, -0.15) is 10.2 Å². The third-order valence-corrected chi connectivity index (χ3v) is 3.66. The lowest BCUT2D eigenvalue weighted by Crippen LogP contribution is -2.17. The van der Waals surface area contributed by atoms with E-state index in [0.29, 0.717) is 11.6 Å². The molecule has 0 saturated carbocycles. The highest BCUT2D eigenvalue weighted by atomic mass is 35.5. The Morgan fingerprint density at radius 3 is 2.88 bits per heavy atom. The molecule has 0 spiro atoms. The highest BCUT2D eigenvalue weighted by Crippen LogP contribution is 2.21. The van der Waals surface area contributed by atoms with Crippen molar-refractivity contribution in [2.45, 2.75) is 6.54 Å². The van der Waals surface area contributed by atoms with E-state index in [1.54, 1.807) is 10.9 Å². The number of rotatable bonds is 5. The van der Waals surface area contributed by atoms with Crippen molar-refractivity contribution in [2.75, 3.05) is 0 Å². The number of phenols is 1. The maximum absolute atomic E-state index is 12.0. The van der Waals surface area contributed by atoms with Crippen molar-refractivity contribution in [3.8, 4) is 5.75 Å². The van der Waals surface area contributed by atoms with E-state index in [-0.39, 0.29) is 11.3 Å². The first-order chi connectivity index (χ1) is 12.1. The maximum atomic E-state index is 12.0. The Morgan fingerprint density at radius 2 is 2.08 bits per heavy atom. The molecule has 0 saturated heterocycles. The van der Waals surface area contributed by atoms with Gasteiger partial charge in [-0.25, -0.2) is 5.43 Å². The van der Waals surface area contributed by atoms with Crippen molar-refractivity contribution in [3.63, 3.8) is 0 Å². The van der Waals surface area contributed by atoms with Gasteiger partial charge in [-0.15, -0.1) is 0 Å². The van der Waals surface area contributed by atoms with Crippen LogP contribution in [0.2, 0.25) is 5.02 Å². The summed E-state index contributed by atoms with van der Waals surface area (Å²) in [6, 6.07) is 14.2. The number of nitrogens with zero attached hydrogens (tertiary/aromatic N) is 3. The van der Waals surface area contributed by atoms with Crippen molar-refractivity contribution in [1.29, 1.82) is 0 Å². The van der Waals surface area contributed by atoms with Gasteiger partial charge in [0.1, 0.15) is 5.75 Å². The van der Waals surface area contributed by atoms with E-state index in [1.807, 2.05) is 36.5 Å². The largest absolute Gasteiger partial charge is 0.507 e. The van der Waals surface area contributed by atoms with Gasteiger partial charge in [0.15, 0.2) is 0 Å². The zero-order valence-electron chi connectivity index (χ0n) is 13.1. The van der Waals surface area contributed by atoms with Crippen LogP contribution in [0.5, 0.6) is 5.75 Å². The molecule has 2 aromatic carbocycles. The zero-order valence-corrected chi connectivity index (χ0v) is 13.9. The van der Waals surface area contributed by atoms with Gasteiger partial charge in [-0.05, 0) is 23.8 Å². The number of nitrogens with one attached hydrogen (secondary N) is 1. The van der Waals surface area contributed by atoms with E-state index in [1.165, 1.54) is 24.4 Å². The van der Waals surface area contributed by atoms with Gasteiger partial charge in [-0.1, -0.05) is 41.9 Å². The molecule has 3 rings (SSSR count). The predicted octanol–water partition coefficient (Wildman–Crippen LogP) is 3.05. The normalized spacial score (nSPS) is 10.9. The molecule has 7 heteroatoms. The molecule has 2 N–H and O–H groups in total. The quantitative estimate of drug-likeness (QED) is 0.546. The third kappa shape index (κ3) is 4.45. The summed E-state index contributed by atoms with van der Waals surface area (Å²) in [4.78, 5) is 12.0. The van der Waals surface area contributed by atoms with Crippen molar-refractivity contribution in [1.82, 2.24) is 15.2 Å². The molecule has 0 aliphatic carbocycles. The number of aromatic nitrogens is 2. The van der Waals surface area contributed by atoms with Crippen LogP contribution in [0.1, 0.15) is 21.5 Å². The standard InChI is InChI=1S/C18H15ClN4O2/c19-15-6-7-17(24)16(8-15)18(25)22-20-9-14-10-21-23(12-14)11-13-4-2-1-3-5-13/h1-10,12,24H,11H2,(H,22,25)/b20-9-. The molecule has 6 nitrogen and oxygen atoms in total. The number of carbonyl (C=O) groups is 1. The first-order valence-electron chi connectivity index (χ1n) is 7.50. The number of carbonyl (C=O) groups excluding carboxylic acids is 1. The summed E-state index contributed by atoms with van der Waals surface area (Å²) in [5.74, 6) is -0.708. The number of amides is 1. The number of hydrogen-bond acceptors (Lipinski definition) is 4. The second-order valence-corrected chi connectivity index (χ2v) is 5.75. The average molecular weight is 355 g/mol. The molecule has 0 aliphatic rings. The van der Waals surface area contributed by atoms with Crippen LogP contribution in [0.4, 0.5) is 0 Å². The zero-order chi connectivity index (χ0) is 17.6. The predicted molar refractivity (Wildman–Crippen MR) is 95.9 cm³/mol. The van der Waals surface area contributed by atoms with Gasteiger partial charge in [0.2, 0.25) is 0 Å². The van der Waals surface area contributed by atoms with Crippen molar-refractivity contribution >= 4 is 23.7 Å². The summed E-state index contributed by atoms with van der Waals surface area (Å²) >= 11 is 5.82. The lowest BCUT2D eigenvalue weighted by molar-refractivity contribution is 0.0952. The Balaban J connectivity index is 1.61. The van der Waals surface area contributed by atoms with E-state index < -0.39 is 5.91 Å². The van der Waals surface area contributed by atoms with Gasteiger partial charge in [0.25, 0.3) is 5.91 Å². The number of aromatic hydroxyl groups is 1. The Morgan fingerprint density at radius 1 is 1.28 bits per heavy atom. The van der Waals surface area contributed by atoms with E-state index in [0.717, 1.165) is 11.1 Å². The Labute approximate surface area is 149 Å². The van der Waals surface area contributed by atoms with Crippen molar-refractivity contribution in [2.24, 2.45) is 5.10 Å². The lowest BCUT2D eigenvalue weighted by atomic mass is 10.2. The second-order valence-electron chi connectivity index (χ2n) is 5.32. The Kier molecular flexibility index (Phi) is 5.11. The molecule has 1 aromatic heterocycles. The molecule has 0 radical (unpaired) electrons. The minimum absolute atomic E-state index is 0.0597. The lowest BCUT2D eigenvalue weighted by Gasteiger charge is -2.03. The van der Waals surface area contributed by atoms with Crippen LogP contribution in [0.15, 0.2) is 66.0 Å². The summed E-state index contributed by atoms with van der Waals surface area (Å²) < 4.78 is 1.78. The monoisotopic (exact) mass is 354 g/mol. The minimum atomic E-state index is -0.548. The molecular formula is C18H15ClN4O2. The van der Waals surface area contributed by atoms with Gasteiger partial charge in [0, 0.05) is 16.8 Å². The molecule has 0 fully saturated rings. The molecule has 0 atom stereocenters. The Hall–Kier alpha value is -3.12. The second kappa shape index (κ2) is 7.63. The third-order valence-electron chi connectivity index (χ3n) is 3.42. The first kappa shape index (κ1) is 16.7. The van der Waals surface area contributed by atoms with Crippen LogP contribution >= 0.6 is 11.6 Å². The highest BCUT2D eigenvalue weighted by molar-refractivity contribution is 6.31. The number of halogens is 1. The van der Waals surface area contributed by atoms with Crippen molar-refractivity contribution in [3.05, 3.63) is 82.6 Å². The summed E-state index contributed by atoms with van der Waals surface area (Å²) in [7, 11) is 0. The van der Waals surface area contributed by atoms with Crippen LogP contribution < -0.4 is 5.43 Å². The molecule has 0 bridgehead atoms. The fourth-order valence-electron chi connectivity index (χ4n) is 2.22. The minimum Gasteiger partial charge on any atom is -0.507 e. The molecule has 0 unspecified atom stereocenters. The van der Waals surface area contributed by atoms with Crippen LogP contribution in [0, 0.1) is 0 Å². The molecule has 1 heterocycles. The van der Waals surface area contributed by atoms with Crippen molar-refractivity contribution < 1.29 is 9.90 Å². The van der Waals surface area contributed by atoms with Gasteiger partial charge >= 0.3 is 0 Å². The van der Waals surface area contributed by atoms with Gasteiger partial charge in [0.05, 0.1) is 24.5 Å². The topological polar surface area (TPSA) is 79.5 Å². The van der Waals surface area contributed by atoms with Crippen LogP contribution in [-0.4, -0.2) is 27.0 Å². The number of benzene rings is 2. The first-order valence-corrected chi connectivity index (χ1v) is 7.88. The summed E-state index contributed by atoms with van der Waals surface area (Å²) in [6.07, 6.45) is 4.95. The summed E-state index contributed by atoms with van der Waals surface area (Å²) in [5.41, 5.74) is 4.29. The maximum Gasteiger partial charge on any atom is 0.275 e. The van der Waals surface area contributed by atoms with E-state index in [4.69, 9.17) is 11.6 Å². The van der Waals surface area contributed by atoms with Gasteiger partial charge < -0.3 is 5.11 Å². The smallest absolute Gasteiger partial charge is 0.275 e. The summed E-state index contributed by atoms with van der Waals surface area (Å²) in [6.45, 7) is 0.650. The SMILES string of the molecule is O=C(N/N=C\c1cnn(Cc2ccccc2)c1)c1cc(Cl)ccc1O. The van der Waals surface area contributed by atoms with E-state index in [2.05, 4.69) is 15.6 Å². The van der Waals surface area contributed by atoms with E-state index >= 15 is 0 Å². The van der Waals surface area contributed by atoms with Crippen LogP contribution in [0.3, 0.4) is 0 Å². The fraction of sp³-hybridized carbons (Fsp3) is 0.0556. The molecular weight excluding hydrogens is 340 g/mol. The molecule has 1 amide bonds. The summed E-state index contributed by atoms with van der Waals surface area (Å²) in [5, 5.41) is 18.2. The number of hydrazone groups is 1. The fourth-order valence-corrected chi connectivity index (χ4v) is 2.39.